The molecule has 0 radical (unpaired) electrons. The van der Waals surface area contributed by atoms with Gasteiger partial charge in [0, 0.05) is 0 Å². The number of benzene rings is 2. The molecule has 6 nitrogen and oxygen atoms in total. The van der Waals surface area contributed by atoms with E-state index >= 15 is 0 Å². The number of carbonyl (C=O) groups excluding carboxylic acids is 2. The third kappa shape index (κ3) is 10.1. The van der Waals surface area contributed by atoms with Crippen molar-refractivity contribution in [2.45, 2.75) is 78.2 Å². The van der Waals surface area contributed by atoms with Crippen molar-refractivity contribution in [2.24, 2.45) is 11.7 Å². The predicted octanol–water partition coefficient (Wildman–Crippen LogP) is 4.83. The van der Waals surface area contributed by atoms with Crippen molar-refractivity contribution in [1.82, 2.24) is 0 Å². The Labute approximate surface area is 197 Å². The summed E-state index contributed by atoms with van der Waals surface area (Å²) in [4.78, 5) is 25.3. The Morgan fingerprint density at radius 2 is 1.33 bits per heavy atom. The Balaban J connectivity index is 2.06. The normalized spacial score (nSPS) is 13.7. The van der Waals surface area contributed by atoms with Crippen molar-refractivity contribution in [2.75, 3.05) is 0 Å². The van der Waals surface area contributed by atoms with Gasteiger partial charge < -0.3 is 19.9 Å². The zero-order valence-corrected chi connectivity index (χ0v) is 20.6. The van der Waals surface area contributed by atoms with Gasteiger partial charge in [-0.05, 0) is 77.6 Å². The summed E-state index contributed by atoms with van der Waals surface area (Å²) in [6.07, 6.45) is 0.528. The molecule has 2 N–H and O–H groups in total. The van der Waals surface area contributed by atoms with Crippen LogP contribution < -0.4 is 10.5 Å². The summed E-state index contributed by atoms with van der Waals surface area (Å²) in [5.74, 6) is -0.753. The van der Waals surface area contributed by atoms with E-state index in [0.29, 0.717) is 13.0 Å². The van der Waals surface area contributed by atoms with E-state index < -0.39 is 29.1 Å². The number of ether oxygens (including phenoxy) is 3. The van der Waals surface area contributed by atoms with Crippen LogP contribution in [0.25, 0.3) is 0 Å². The largest absolute Gasteiger partial charge is 0.489 e. The quantitative estimate of drug-likeness (QED) is 0.545. The van der Waals surface area contributed by atoms with Crippen molar-refractivity contribution in [3.63, 3.8) is 0 Å². The van der Waals surface area contributed by atoms with Gasteiger partial charge in [0.1, 0.15) is 29.6 Å². The fourth-order valence-electron chi connectivity index (χ4n) is 3.18. The molecule has 2 aromatic rings. The highest BCUT2D eigenvalue weighted by Crippen LogP contribution is 2.22. The van der Waals surface area contributed by atoms with Crippen molar-refractivity contribution in [3.8, 4) is 5.75 Å². The first-order valence-corrected chi connectivity index (χ1v) is 11.3. The summed E-state index contributed by atoms with van der Waals surface area (Å²) in [5, 5.41) is 0. The van der Waals surface area contributed by atoms with Gasteiger partial charge in [-0.3, -0.25) is 9.59 Å². The summed E-state index contributed by atoms with van der Waals surface area (Å²) in [6, 6.07) is 16.6. The van der Waals surface area contributed by atoms with Crippen LogP contribution in [0.3, 0.4) is 0 Å². The summed E-state index contributed by atoms with van der Waals surface area (Å²) in [5.41, 5.74) is 6.82. The SMILES string of the molecule is CC(C)(C)OC(=O)[C@@H](Cc1ccc(OCc2ccccc2)cc1)C[C@H](N)C(=O)OC(C)(C)C. The Hall–Kier alpha value is -2.86. The lowest BCUT2D eigenvalue weighted by Gasteiger charge is -2.26. The van der Waals surface area contributed by atoms with Crippen LogP contribution in [0, 0.1) is 5.92 Å². The fourth-order valence-corrected chi connectivity index (χ4v) is 3.18. The average molecular weight is 456 g/mol. The average Bonchev–Trinajstić information content (AvgIpc) is 2.71. The number of carbonyl (C=O) groups is 2. The lowest BCUT2D eigenvalue weighted by molar-refractivity contribution is -0.162. The minimum atomic E-state index is -0.921. The molecule has 0 unspecified atom stereocenters. The Bertz CT molecular complexity index is 895. The maximum Gasteiger partial charge on any atom is 0.323 e. The van der Waals surface area contributed by atoms with Gasteiger partial charge >= 0.3 is 11.9 Å². The van der Waals surface area contributed by atoms with Crippen molar-refractivity contribution in [3.05, 3.63) is 65.7 Å². The zero-order valence-electron chi connectivity index (χ0n) is 20.6. The molecule has 0 fully saturated rings. The van der Waals surface area contributed by atoms with Gasteiger partial charge in [-0.2, -0.15) is 0 Å². The molecule has 0 aliphatic rings. The van der Waals surface area contributed by atoms with Gasteiger partial charge in [0.25, 0.3) is 0 Å². The topological polar surface area (TPSA) is 87.9 Å². The lowest BCUT2D eigenvalue weighted by Crippen LogP contribution is -2.41. The van der Waals surface area contributed by atoms with Crippen LogP contribution in [0.1, 0.15) is 59.1 Å². The summed E-state index contributed by atoms with van der Waals surface area (Å²) >= 11 is 0. The van der Waals surface area contributed by atoms with Crippen LogP contribution in [-0.2, 0) is 32.1 Å². The molecule has 0 spiro atoms. The molecule has 0 bridgehead atoms. The number of hydrogen-bond donors (Lipinski definition) is 1. The second-order valence-electron chi connectivity index (χ2n) is 10.2. The molecule has 6 heteroatoms. The van der Waals surface area contributed by atoms with Crippen LogP contribution in [0.2, 0.25) is 0 Å². The standard InChI is InChI=1S/C27H37NO5/c1-26(2,3)32-24(29)21(17-23(28)25(30)33-27(4,5)6)16-19-12-14-22(15-13-19)31-18-20-10-8-7-9-11-20/h7-15,21,23H,16-18,28H2,1-6H3/t21-,23-/m0/s1. The highest BCUT2D eigenvalue weighted by Gasteiger charge is 2.31. The highest BCUT2D eigenvalue weighted by molar-refractivity contribution is 5.78. The minimum absolute atomic E-state index is 0.135. The summed E-state index contributed by atoms with van der Waals surface area (Å²) in [6.45, 7) is 11.3. The summed E-state index contributed by atoms with van der Waals surface area (Å²) < 4.78 is 16.8. The van der Waals surface area contributed by atoms with Crippen molar-refractivity contribution >= 4 is 11.9 Å². The number of esters is 2. The van der Waals surface area contributed by atoms with Gasteiger partial charge in [-0.1, -0.05) is 42.5 Å². The van der Waals surface area contributed by atoms with Crippen LogP contribution in [0.15, 0.2) is 54.6 Å². The van der Waals surface area contributed by atoms with E-state index in [1.165, 1.54) is 0 Å². The van der Waals surface area contributed by atoms with Crippen LogP contribution in [0.5, 0.6) is 5.75 Å². The highest BCUT2D eigenvalue weighted by atomic mass is 16.6. The molecule has 0 aromatic heterocycles. The molecule has 0 aliphatic heterocycles. The Morgan fingerprint density at radius 3 is 1.88 bits per heavy atom. The molecule has 180 valence electrons. The van der Waals surface area contributed by atoms with Crippen molar-refractivity contribution < 1.29 is 23.8 Å². The molecule has 2 rings (SSSR count). The first-order valence-electron chi connectivity index (χ1n) is 11.3. The van der Waals surface area contributed by atoms with E-state index in [1.54, 1.807) is 20.8 Å². The van der Waals surface area contributed by atoms with E-state index in [2.05, 4.69) is 0 Å². The van der Waals surface area contributed by atoms with E-state index in [9.17, 15) is 9.59 Å². The van der Waals surface area contributed by atoms with E-state index in [-0.39, 0.29) is 12.4 Å². The van der Waals surface area contributed by atoms with Gasteiger partial charge in [0.15, 0.2) is 0 Å². The second-order valence-corrected chi connectivity index (χ2v) is 10.2. The zero-order chi connectivity index (χ0) is 24.6. The number of nitrogens with two attached hydrogens (primary N) is 1. The maximum atomic E-state index is 12.9. The number of hydrogen-bond acceptors (Lipinski definition) is 6. The Morgan fingerprint density at radius 1 is 0.788 bits per heavy atom. The van der Waals surface area contributed by atoms with E-state index in [0.717, 1.165) is 16.9 Å². The van der Waals surface area contributed by atoms with Crippen LogP contribution in [-0.4, -0.2) is 29.2 Å². The molecule has 0 aliphatic carbocycles. The van der Waals surface area contributed by atoms with Gasteiger partial charge in [0.05, 0.1) is 5.92 Å². The maximum absolute atomic E-state index is 12.9. The molecule has 0 amide bonds. The number of rotatable bonds is 9. The Kier molecular flexibility index (Phi) is 9.06. The molecule has 0 saturated carbocycles. The molecular weight excluding hydrogens is 418 g/mol. The molecule has 2 aromatic carbocycles. The third-order valence-corrected chi connectivity index (χ3v) is 4.64. The van der Waals surface area contributed by atoms with Gasteiger partial charge in [-0.25, -0.2) is 0 Å². The van der Waals surface area contributed by atoms with E-state index in [1.807, 2.05) is 75.4 Å². The van der Waals surface area contributed by atoms with Crippen LogP contribution >= 0.6 is 0 Å². The summed E-state index contributed by atoms with van der Waals surface area (Å²) in [7, 11) is 0. The fraction of sp³-hybridized carbons (Fsp3) is 0.481. The molecule has 2 atom stereocenters. The monoisotopic (exact) mass is 455 g/mol. The molecular formula is C27H37NO5. The van der Waals surface area contributed by atoms with E-state index in [4.69, 9.17) is 19.9 Å². The molecule has 0 heterocycles. The molecule has 33 heavy (non-hydrogen) atoms. The minimum Gasteiger partial charge on any atom is -0.489 e. The first kappa shape index (κ1) is 26.4. The smallest absolute Gasteiger partial charge is 0.323 e. The lowest BCUT2D eigenvalue weighted by atomic mass is 9.92. The van der Waals surface area contributed by atoms with Gasteiger partial charge in [0.2, 0.25) is 0 Å². The van der Waals surface area contributed by atoms with Crippen molar-refractivity contribution in [1.29, 1.82) is 0 Å². The first-order chi connectivity index (χ1) is 15.3. The predicted molar refractivity (Wildman–Crippen MR) is 129 cm³/mol. The second kappa shape index (κ2) is 11.3. The molecule has 0 saturated heterocycles. The van der Waals surface area contributed by atoms with Gasteiger partial charge in [-0.15, -0.1) is 0 Å². The van der Waals surface area contributed by atoms with Crippen LogP contribution in [0.4, 0.5) is 0 Å². The third-order valence-electron chi connectivity index (χ3n) is 4.64.